The third-order valence-corrected chi connectivity index (χ3v) is 2.17. The van der Waals surface area contributed by atoms with Crippen LogP contribution < -0.4 is 5.32 Å². The Labute approximate surface area is 82.9 Å². The summed E-state index contributed by atoms with van der Waals surface area (Å²) in [6.07, 6.45) is 0. The van der Waals surface area contributed by atoms with Gasteiger partial charge in [0.25, 0.3) is 5.91 Å². The van der Waals surface area contributed by atoms with Gasteiger partial charge in [0.1, 0.15) is 6.04 Å². The fourth-order valence-corrected chi connectivity index (χ4v) is 1.80. The second-order valence-electron chi connectivity index (χ2n) is 4.03. The van der Waals surface area contributed by atoms with E-state index in [2.05, 4.69) is 5.32 Å². The fourth-order valence-electron chi connectivity index (χ4n) is 1.29. The monoisotopic (exact) mass is 202 g/mol. The van der Waals surface area contributed by atoms with Crippen molar-refractivity contribution in [2.45, 2.75) is 32.4 Å². The van der Waals surface area contributed by atoms with Crippen molar-refractivity contribution < 1.29 is 9.90 Å². The topological polar surface area (TPSA) is 52.6 Å². The molecule has 1 heterocycles. The van der Waals surface area contributed by atoms with Crippen molar-refractivity contribution in [1.82, 2.24) is 10.2 Å². The Kier molecular flexibility index (Phi) is 2.58. The first kappa shape index (κ1) is 10.4. The van der Waals surface area contributed by atoms with Crippen molar-refractivity contribution in [3.05, 3.63) is 0 Å². The maximum Gasteiger partial charge on any atom is 0.254 e. The number of carbonyl (C=O) groups is 1. The lowest BCUT2D eigenvalue weighted by atomic mass is 10.1. The molecule has 4 nitrogen and oxygen atoms in total. The molecule has 13 heavy (non-hydrogen) atoms. The first-order valence-corrected chi connectivity index (χ1v) is 4.54. The zero-order chi connectivity index (χ0) is 10.2. The van der Waals surface area contributed by atoms with Crippen LogP contribution in [0.15, 0.2) is 0 Å². The van der Waals surface area contributed by atoms with Gasteiger partial charge in [0, 0.05) is 5.54 Å². The van der Waals surface area contributed by atoms with E-state index < -0.39 is 6.04 Å². The van der Waals surface area contributed by atoms with E-state index in [0.29, 0.717) is 5.11 Å². The molecule has 2 N–H and O–H groups in total. The summed E-state index contributed by atoms with van der Waals surface area (Å²) in [5, 5.41) is 12.0. The summed E-state index contributed by atoms with van der Waals surface area (Å²) in [5.41, 5.74) is -0.328. The van der Waals surface area contributed by atoms with Gasteiger partial charge in [-0.1, -0.05) is 0 Å². The van der Waals surface area contributed by atoms with E-state index in [4.69, 9.17) is 17.3 Å². The number of nitrogens with one attached hydrogen (secondary N) is 1. The Morgan fingerprint density at radius 2 is 2.15 bits per heavy atom. The summed E-state index contributed by atoms with van der Waals surface area (Å²) in [5.74, 6) is -0.153. The third kappa shape index (κ3) is 1.81. The van der Waals surface area contributed by atoms with E-state index >= 15 is 0 Å². The van der Waals surface area contributed by atoms with Gasteiger partial charge in [0.2, 0.25) is 0 Å². The Morgan fingerprint density at radius 1 is 1.62 bits per heavy atom. The van der Waals surface area contributed by atoms with Gasteiger partial charge in [-0.05, 0) is 33.0 Å². The van der Waals surface area contributed by atoms with E-state index in [0.717, 1.165) is 0 Å². The van der Waals surface area contributed by atoms with Crippen molar-refractivity contribution in [3.8, 4) is 0 Å². The number of thiocarbonyl (C=S) groups is 1. The van der Waals surface area contributed by atoms with Crippen LogP contribution in [0.1, 0.15) is 20.8 Å². The second-order valence-corrected chi connectivity index (χ2v) is 4.42. The molecular weight excluding hydrogens is 188 g/mol. The van der Waals surface area contributed by atoms with Crippen LogP contribution in [0.4, 0.5) is 0 Å². The number of nitrogens with zero attached hydrogens (tertiary/aromatic N) is 1. The van der Waals surface area contributed by atoms with Crippen molar-refractivity contribution in [1.29, 1.82) is 0 Å². The number of amides is 1. The first-order valence-electron chi connectivity index (χ1n) is 4.13. The molecule has 0 spiro atoms. The molecule has 0 bridgehead atoms. The van der Waals surface area contributed by atoms with Gasteiger partial charge in [-0.3, -0.25) is 9.69 Å². The van der Waals surface area contributed by atoms with Gasteiger partial charge < -0.3 is 10.4 Å². The van der Waals surface area contributed by atoms with Crippen molar-refractivity contribution in [2.75, 3.05) is 6.61 Å². The Balaban J connectivity index is 2.89. The first-order chi connectivity index (χ1) is 5.88. The van der Waals surface area contributed by atoms with Crippen LogP contribution in [0, 0.1) is 0 Å². The average Bonchev–Trinajstić information content (AvgIpc) is 2.24. The maximum absolute atomic E-state index is 11.6. The van der Waals surface area contributed by atoms with Crippen LogP contribution in [-0.2, 0) is 4.79 Å². The number of hydrogen-bond acceptors (Lipinski definition) is 3. The van der Waals surface area contributed by atoms with Crippen molar-refractivity contribution in [2.24, 2.45) is 0 Å². The molecule has 1 aliphatic rings. The van der Waals surface area contributed by atoms with Crippen molar-refractivity contribution >= 4 is 23.2 Å². The molecule has 0 saturated carbocycles. The average molecular weight is 202 g/mol. The summed E-state index contributed by atoms with van der Waals surface area (Å²) in [7, 11) is 0. The van der Waals surface area contributed by atoms with E-state index in [1.165, 1.54) is 4.90 Å². The summed E-state index contributed by atoms with van der Waals surface area (Å²) in [6.45, 7) is 5.49. The lowest BCUT2D eigenvalue weighted by molar-refractivity contribution is -0.130. The molecule has 1 rings (SSSR count). The van der Waals surface area contributed by atoms with Crippen LogP contribution >= 0.6 is 12.2 Å². The van der Waals surface area contributed by atoms with E-state index in [9.17, 15) is 4.79 Å². The van der Waals surface area contributed by atoms with Crippen LogP contribution in [0.25, 0.3) is 0 Å². The molecule has 1 amide bonds. The standard InChI is InChI=1S/C8H14N2O2S/c1-8(2,3)10-6(12)5(4-11)9-7(10)13/h5,11H,4H2,1-3H3,(H,9,13). The van der Waals surface area contributed by atoms with Gasteiger partial charge in [-0.25, -0.2) is 0 Å². The highest BCUT2D eigenvalue weighted by Gasteiger charge is 2.40. The van der Waals surface area contributed by atoms with Gasteiger partial charge in [0.05, 0.1) is 6.61 Å². The number of carbonyl (C=O) groups excluding carboxylic acids is 1. The highest BCUT2D eigenvalue weighted by Crippen LogP contribution is 2.19. The predicted molar refractivity (Wildman–Crippen MR) is 53.2 cm³/mol. The molecule has 0 aliphatic carbocycles. The molecule has 0 aromatic heterocycles. The Bertz CT molecular complexity index is 247. The molecule has 1 unspecified atom stereocenters. The zero-order valence-electron chi connectivity index (χ0n) is 8.00. The molecule has 1 aliphatic heterocycles. The number of aliphatic hydroxyl groups excluding tert-OH is 1. The SMILES string of the molecule is CC(C)(C)N1C(=O)C(CO)NC1=S. The summed E-state index contributed by atoms with van der Waals surface area (Å²) in [6, 6.07) is -0.563. The Morgan fingerprint density at radius 3 is 2.38 bits per heavy atom. The smallest absolute Gasteiger partial charge is 0.254 e. The number of aliphatic hydroxyl groups is 1. The number of hydrogen-bond donors (Lipinski definition) is 2. The highest BCUT2D eigenvalue weighted by atomic mass is 32.1. The minimum Gasteiger partial charge on any atom is -0.394 e. The molecule has 1 atom stereocenters. The van der Waals surface area contributed by atoms with E-state index in [-0.39, 0.29) is 18.1 Å². The minimum absolute atomic E-state index is 0.153. The van der Waals surface area contributed by atoms with Gasteiger partial charge >= 0.3 is 0 Å². The largest absolute Gasteiger partial charge is 0.394 e. The molecule has 74 valence electrons. The van der Waals surface area contributed by atoms with Crippen LogP contribution in [-0.4, -0.2) is 39.2 Å². The fraction of sp³-hybridized carbons (Fsp3) is 0.750. The maximum atomic E-state index is 11.6. The predicted octanol–water partition coefficient (Wildman–Crippen LogP) is -0.137. The third-order valence-electron chi connectivity index (χ3n) is 1.87. The van der Waals surface area contributed by atoms with Gasteiger partial charge in [-0.15, -0.1) is 0 Å². The Hall–Kier alpha value is -0.680. The summed E-state index contributed by atoms with van der Waals surface area (Å²) < 4.78 is 0. The summed E-state index contributed by atoms with van der Waals surface area (Å²) in [4.78, 5) is 13.1. The summed E-state index contributed by atoms with van der Waals surface area (Å²) >= 11 is 4.99. The minimum atomic E-state index is -0.563. The van der Waals surface area contributed by atoms with Gasteiger partial charge in [0.15, 0.2) is 5.11 Å². The van der Waals surface area contributed by atoms with Crippen LogP contribution in [0.5, 0.6) is 0 Å². The lowest BCUT2D eigenvalue weighted by Crippen LogP contribution is -2.46. The normalized spacial score (nSPS) is 23.7. The molecule has 5 heteroatoms. The quantitative estimate of drug-likeness (QED) is 0.581. The zero-order valence-corrected chi connectivity index (χ0v) is 8.81. The van der Waals surface area contributed by atoms with Crippen LogP contribution in [0.2, 0.25) is 0 Å². The van der Waals surface area contributed by atoms with Crippen LogP contribution in [0.3, 0.4) is 0 Å². The molecule has 0 aromatic carbocycles. The van der Waals surface area contributed by atoms with E-state index in [1.807, 2.05) is 20.8 Å². The molecular formula is C8H14N2O2S. The molecule has 0 radical (unpaired) electrons. The molecule has 0 aromatic rings. The van der Waals surface area contributed by atoms with Crippen molar-refractivity contribution in [3.63, 3.8) is 0 Å². The lowest BCUT2D eigenvalue weighted by Gasteiger charge is -2.30. The molecule has 1 saturated heterocycles. The second kappa shape index (κ2) is 3.23. The van der Waals surface area contributed by atoms with E-state index in [1.54, 1.807) is 0 Å². The molecule has 1 fully saturated rings. The highest BCUT2D eigenvalue weighted by molar-refractivity contribution is 7.80. The number of rotatable bonds is 1. The van der Waals surface area contributed by atoms with Gasteiger partial charge in [-0.2, -0.15) is 0 Å².